The lowest BCUT2D eigenvalue weighted by Crippen LogP contribution is -2.26. The molecule has 0 aliphatic heterocycles. The number of carbonyl (C=O) groups is 1. The number of aryl methyl sites for hydroxylation is 2. The van der Waals surface area contributed by atoms with E-state index in [2.05, 4.69) is 39.9 Å². The molecule has 0 bridgehead atoms. The summed E-state index contributed by atoms with van der Waals surface area (Å²) in [5, 5.41) is 11.4. The lowest BCUT2D eigenvalue weighted by molar-refractivity contribution is -0.121. The van der Waals surface area contributed by atoms with E-state index < -0.39 is 0 Å². The van der Waals surface area contributed by atoms with Crippen LogP contribution in [0.1, 0.15) is 36.3 Å². The van der Waals surface area contributed by atoms with Gasteiger partial charge in [-0.2, -0.15) is 0 Å². The lowest BCUT2D eigenvalue weighted by Gasteiger charge is -2.12. The van der Waals surface area contributed by atoms with Crippen LogP contribution in [0.15, 0.2) is 48.5 Å². The number of rotatable bonds is 6. The summed E-state index contributed by atoms with van der Waals surface area (Å²) >= 11 is 0. The maximum absolute atomic E-state index is 12.2. The molecule has 1 aliphatic carbocycles. The summed E-state index contributed by atoms with van der Waals surface area (Å²) in [7, 11) is 0. The van der Waals surface area contributed by atoms with E-state index in [1.54, 1.807) is 0 Å². The van der Waals surface area contributed by atoms with E-state index in [-0.39, 0.29) is 5.91 Å². The molecule has 1 N–H and O–H groups in total. The Morgan fingerprint density at radius 3 is 2.96 bits per heavy atom. The van der Waals surface area contributed by atoms with Crippen molar-refractivity contribution in [3.63, 3.8) is 0 Å². The number of para-hydroxylation sites is 1. The Bertz CT molecular complexity index is 886. The predicted molar refractivity (Wildman–Crippen MR) is 97.3 cm³/mol. The molecule has 3 aromatic rings. The smallest absolute Gasteiger partial charge is 0.220 e. The molecule has 2 aromatic carbocycles. The van der Waals surface area contributed by atoms with Gasteiger partial charge in [0.15, 0.2) is 0 Å². The second-order valence-corrected chi connectivity index (χ2v) is 6.64. The van der Waals surface area contributed by atoms with E-state index in [0.29, 0.717) is 18.9 Å². The molecule has 0 fully saturated rings. The first-order chi connectivity index (χ1) is 12.3. The van der Waals surface area contributed by atoms with Crippen molar-refractivity contribution in [1.82, 2.24) is 20.3 Å². The molecular weight excluding hydrogens is 312 g/mol. The SMILES string of the molecule is O=C(CC1CCc2ccccc21)NCCCn1nnc2ccccc21. The van der Waals surface area contributed by atoms with E-state index in [1.165, 1.54) is 11.1 Å². The van der Waals surface area contributed by atoms with Crippen LogP contribution in [-0.2, 0) is 17.8 Å². The summed E-state index contributed by atoms with van der Waals surface area (Å²) in [6.07, 6.45) is 3.61. The minimum absolute atomic E-state index is 0.144. The Kier molecular flexibility index (Phi) is 4.46. The van der Waals surface area contributed by atoms with Gasteiger partial charge >= 0.3 is 0 Å². The zero-order chi connectivity index (χ0) is 17.1. The van der Waals surface area contributed by atoms with Gasteiger partial charge in [0.25, 0.3) is 0 Å². The molecule has 1 atom stereocenters. The zero-order valence-electron chi connectivity index (χ0n) is 14.2. The number of nitrogens with zero attached hydrogens (tertiary/aromatic N) is 3. The predicted octanol–water partition coefficient (Wildman–Crippen LogP) is 3.06. The fraction of sp³-hybridized carbons (Fsp3) is 0.350. The van der Waals surface area contributed by atoms with Crippen molar-refractivity contribution < 1.29 is 4.79 Å². The van der Waals surface area contributed by atoms with E-state index in [0.717, 1.165) is 36.8 Å². The van der Waals surface area contributed by atoms with Gasteiger partial charge in [0.2, 0.25) is 5.91 Å². The molecule has 5 nitrogen and oxygen atoms in total. The molecule has 0 saturated heterocycles. The molecular formula is C20H22N4O. The summed E-state index contributed by atoms with van der Waals surface area (Å²) in [5.74, 6) is 0.514. The summed E-state index contributed by atoms with van der Waals surface area (Å²) < 4.78 is 1.90. The third-order valence-corrected chi connectivity index (χ3v) is 4.98. The van der Waals surface area contributed by atoms with Gasteiger partial charge in [0.05, 0.1) is 5.52 Å². The standard InChI is InChI=1S/C20H22N4O/c25-20(14-16-11-10-15-6-1-2-7-17(15)16)21-12-5-13-24-19-9-4-3-8-18(19)22-23-24/h1-4,6-9,16H,5,10-14H2,(H,21,25). The van der Waals surface area contributed by atoms with Crippen molar-refractivity contribution in [3.05, 3.63) is 59.7 Å². The van der Waals surface area contributed by atoms with E-state index >= 15 is 0 Å². The maximum atomic E-state index is 12.2. The van der Waals surface area contributed by atoms with Crippen LogP contribution in [0.2, 0.25) is 0 Å². The van der Waals surface area contributed by atoms with Crippen LogP contribution >= 0.6 is 0 Å². The second kappa shape index (κ2) is 7.05. The highest BCUT2D eigenvalue weighted by Gasteiger charge is 2.23. The number of hydrogen-bond donors (Lipinski definition) is 1. The molecule has 1 unspecified atom stereocenters. The first-order valence-electron chi connectivity index (χ1n) is 8.94. The van der Waals surface area contributed by atoms with Crippen LogP contribution in [0.3, 0.4) is 0 Å². The Labute approximate surface area is 147 Å². The minimum atomic E-state index is 0.144. The number of hydrogen-bond acceptors (Lipinski definition) is 3. The Hall–Kier alpha value is -2.69. The summed E-state index contributed by atoms with van der Waals surface area (Å²) in [6.45, 7) is 1.43. The first kappa shape index (κ1) is 15.8. The third-order valence-electron chi connectivity index (χ3n) is 4.98. The summed E-state index contributed by atoms with van der Waals surface area (Å²) in [5.41, 5.74) is 4.70. The zero-order valence-corrected chi connectivity index (χ0v) is 14.2. The number of nitrogens with one attached hydrogen (secondary N) is 1. The van der Waals surface area contributed by atoms with Gasteiger partial charge in [-0.15, -0.1) is 5.10 Å². The molecule has 0 spiro atoms. The monoisotopic (exact) mass is 334 g/mol. The maximum Gasteiger partial charge on any atom is 0.220 e. The fourth-order valence-electron chi connectivity index (χ4n) is 3.69. The second-order valence-electron chi connectivity index (χ2n) is 6.64. The molecule has 0 radical (unpaired) electrons. The van der Waals surface area contributed by atoms with Gasteiger partial charge in [-0.3, -0.25) is 4.79 Å². The molecule has 1 aliphatic rings. The fourth-order valence-corrected chi connectivity index (χ4v) is 3.69. The highest BCUT2D eigenvalue weighted by molar-refractivity contribution is 5.77. The average molecular weight is 334 g/mol. The van der Waals surface area contributed by atoms with Crippen molar-refractivity contribution in [2.24, 2.45) is 0 Å². The quantitative estimate of drug-likeness (QED) is 0.705. The largest absolute Gasteiger partial charge is 0.356 e. The normalized spacial score (nSPS) is 16.1. The van der Waals surface area contributed by atoms with Crippen molar-refractivity contribution in [1.29, 1.82) is 0 Å². The number of fused-ring (bicyclic) bond motifs is 2. The van der Waals surface area contributed by atoms with Gasteiger partial charge in [0, 0.05) is 19.5 Å². The number of amides is 1. The van der Waals surface area contributed by atoms with Crippen LogP contribution < -0.4 is 5.32 Å². The third kappa shape index (κ3) is 3.40. The van der Waals surface area contributed by atoms with Crippen LogP contribution in [0.4, 0.5) is 0 Å². The highest BCUT2D eigenvalue weighted by Crippen LogP contribution is 2.34. The van der Waals surface area contributed by atoms with E-state index in [4.69, 9.17) is 0 Å². The molecule has 128 valence electrons. The van der Waals surface area contributed by atoms with E-state index in [1.807, 2.05) is 28.9 Å². The number of carbonyl (C=O) groups excluding carboxylic acids is 1. The Balaban J connectivity index is 1.25. The highest BCUT2D eigenvalue weighted by atomic mass is 16.1. The molecule has 5 heteroatoms. The topological polar surface area (TPSA) is 59.8 Å². The molecule has 0 saturated carbocycles. The van der Waals surface area contributed by atoms with Gasteiger partial charge in [-0.05, 0) is 48.4 Å². The lowest BCUT2D eigenvalue weighted by atomic mass is 9.97. The molecule has 1 aromatic heterocycles. The minimum Gasteiger partial charge on any atom is -0.356 e. The van der Waals surface area contributed by atoms with Crippen molar-refractivity contribution in [3.8, 4) is 0 Å². The first-order valence-corrected chi connectivity index (χ1v) is 8.94. The molecule has 4 rings (SSSR count). The van der Waals surface area contributed by atoms with Gasteiger partial charge in [0.1, 0.15) is 5.52 Å². The Morgan fingerprint density at radius 2 is 2.00 bits per heavy atom. The molecule has 1 heterocycles. The van der Waals surface area contributed by atoms with E-state index in [9.17, 15) is 4.79 Å². The number of aromatic nitrogens is 3. The Morgan fingerprint density at radius 1 is 1.16 bits per heavy atom. The van der Waals surface area contributed by atoms with Gasteiger partial charge in [-0.1, -0.05) is 41.6 Å². The molecule has 1 amide bonds. The van der Waals surface area contributed by atoms with Gasteiger partial charge < -0.3 is 5.32 Å². The average Bonchev–Trinajstić information content (AvgIpc) is 3.24. The summed E-state index contributed by atoms with van der Waals surface area (Å²) in [4.78, 5) is 12.2. The van der Waals surface area contributed by atoms with Crippen LogP contribution in [0.25, 0.3) is 11.0 Å². The van der Waals surface area contributed by atoms with Crippen LogP contribution in [-0.4, -0.2) is 27.4 Å². The van der Waals surface area contributed by atoms with Crippen molar-refractivity contribution in [2.75, 3.05) is 6.54 Å². The van der Waals surface area contributed by atoms with Crippen molar-refractivity contribution in [2.45, 2.75) is 38.1 Å². The van der Waals surface area contributed by atoms with Gasteiger partial charge in [-0.25, -0.2) is 4.68 Å². The van der Waals surface area contributed by atoms with Crippen LogP contribution in [0.5, 0.6) is 0 Å². The number of benzene rings is 2. The molecule has 25 heavy (non-hydrogen) atoms. The van der Waals surface area contributed by atoms with Crippen molar-refractivity contribution >= 4 is 16.9 Å². The van der Waals surface area contributed by atoms with Crippen LogP contribution in [0, 0.1) is 0 Å². The summed E-state index contributed by atoms with van der Waals surface area (Å²) in [6, 6.07) is 16.4.